The van der Waals surface area contributed by atoms with E-state index in [1.165, 1.54) is 6.33 Å². The van der Waals surface area contributed by atoms with Crippen LogP contribution in [0.4, 0.5) is 11.4 Å². The van der Waals surface area contributed by atoms with Gasteiger partial charge in [-0.3, -0.25) is 4.79 Å². The number of tetrazole rings is 1. The Kier molecular flexibility index (Phi) is 4.69. The normalized spacial score (nSPS) is 13.6. The zero-order chi connectivity index (χ0) is 18.6. The molecule has 1 aliphatic rings. The molecule has 1 saturated heterocycles. The lowest BCUT2D eigenvalue weighted by molar-refractivity contribution is 0.102. The highest BCUT2D eigenvalue weighted by molar-refractivity contribution is 6.06. The van der Waals surface area contributed by atoms with E-state index in [4.69, 9.17) is 4.74 Å². The number of nitrogens with zero attached hydrogens (tertiary/aromatic N) is 5. The minimum absolute atomic E-state index is 0.174. The number of rotatable bonds is 5. The van der Waals surface area contributed by atoms with Crippen LogP contribution >= 0.6 is 0 Å². The fourth-order valence-electron chi connectivity index (χ4n) is 3.22. The van der Waals surface area contributed by atoms with Gasteiger partial charge in [0.05, 0.1) is 24.2 Å². The maximum absolute atomic E-state index is 12.8. The highest BCUT2D eigenvalue weighted by Gasteiger charge is 2.18. The molecule has 0 radical (unpaired) electrons. The first kappa shape index (κ1) is 17.0. The molecule has 1 aromatic heterocycles. The van der Waals surface area contributed by atoms with E-state index in [0.717, 1.165) is 43.0 Å². The number of carbonyl (C=O) groups is 1. The van der Waals surface area contributed by atoms with Crippen LogP contribution in [0.3, 0.4) is 0 Å². The van der Waals surface area contributed by atoms with E-state index >= 15 is 0 Å². The van der Waals surface area contributed by atoms with Crippen molar-refractivity contribution in [3.63, 3.8) is 0 Å². The molecule has 1 N–H and O–H groups in total. The van der Waals surface area contributed by atoms with Crippen LogP contribution in [-0.4, -0.2) is 46.3 Å². The highest BCUT2D eigenvalue weighted by Crippen LogP contribution is 2.31. The Hall–Kier alpha value is -3.42. The molecule has 0 saturated carbocycles. The van der Waals surface area contributed by atoms with Crippen LogP contribution in [0, 0.1) is 0 Å². The number of benzene rings is 2. The van der Waals surface area contributed by atoms with Crippen LogP contribution in [0.25, 0.3) is 5.69 Å². The van der Waals surface area contributed by atoms with Crippen molar-refractivity contribution in [1.29, 1.82) is 0 Å². The Morgan fingerprint density at radius 3 is 2.56 bits per heavy atom. The molecule has 2 aromatic carbocycles. The van der Waals surface area contributed by atoms with Crippen molar-refractivity contribution in [2.45, 2.75) is 12.8 Å². The van der Waals surface area contributed by atoms with Gasteiger partial charge in [-0.2, -0.15) is 0 Å². The van der Waals surface area contributed by atoms with Crippen molar-refractivity contribution in [2.24, 2.45) is 0 Å². The quantitative estimate of drug-likeness (QED) is 0.749. The Bertz CT molecular complexity index is 918. The van der Waals surface area contributed by atoms with Crippen LogP contribution in [0.5, 0.6) is 5.75 Å². The van der Waals surface area contributed by atoms with Gasteiger partial charge in [-0.15, -0.1) is 5.10 Å². The van der Waals surface area contributed by atoms with Gasteiger partial charge in [-0.25, -0.2) is 4.68 Å². The molecule has 0 unspecified atom stereocenters. The maximum atomic E-state index is 12.8. The molecule has 0 spiro atoms. The van der Waals surface area contributed by atoms with E-state index < -0.39 is 0 Å². The van der Waals surface area contributed by atoms with Gasteiger partial charge in [0.2, 0.25) is 0 Å². The van der Waals surface area contributed by atoms with Crippen molar-refractivity contribution in [1.82, 2.24) is 20.2 Å². The molecule has 2 heterocycles. The van der Waals surface area contributed by atoms with Gasteiger partial charge in [0.25, 0.3) is 5.91 Å². The number of nitrogens with one attached hydrogen (secondary N) is 1. The first-order chi connectivity index (χ1) is 13.2. The molecule has 1 fully saturated rings. The number of amides is 1. The van der Waals surface area contributed by atoms with Gasteiger partial charge in [0.15, 0.2) is 0 Å². The lowest BCUT2D eigenvalue weighted by atomic mass is 10.1. The van der Waals surface area contributed by atoms with Crippen molar-refractivity contribution < 1.29 is 9.53 Å². The summed E-state index contributed by atoms with van der Waals surface area (Å²) in [7, 11) is 1.60. The molecular formula is C19H20N6O2. The van der Waals surface area contributed by atoms with E-state index in [-0.39, 0.29) is 5.91 Å². The van der Waals surface area contributed by atoms with Crippen molar-refractivity contribution in [3.8, 4) is 11.4 Å². The fraction of sp³-hybridized carbons (Fsp3) is 0.263. The number of hydrogen-bond donors (Lipinski definition) is 1. The predicted octanol–water partition coefficient (Wildman–Crippen LogP) is 2.52. The van der Waals surface area contributed by atoms with Gasteiger partial charge in [0.1, 0.15) is 12.1 Å². The second kappa shape index (κ2) is 7.45. The lowest BCUT2D eigenvalue weighted by Gasteiger charge is -2.22. The molecule has 8 nitrogen and oxygen atoms in total. The van der Waals surface area contributed by atoms with Crippen LogP contribution in [-0.2, 0) is 0 Å². The second-order valence-corrected chi connectivity index (χ2v) is 6.33. The second-order valence-electron chi connectivity index (χ2n) is 6.33. The summed E-state index contributed by atoms with van der Waals surface area (Å²) in [6.07, 6.45) is 3.83. The number of carbonyl (C=O) groups excluding carboxylic acids is 1. The molecular weight excluding hydrogens is 344 g/mol. The summed E-state index contributed by atoms with van der Waals surface area (Å²) in [5, 5.41) is 14.3. The van der Waals surface area contributed by atoms with E-state index in [1.54, 1.807) is 36.1 Å². The minimum atomic E-state index is -0.174. The number of ether oxygens (including phenoxy) is 1. The van der Waals surface area contributed by atoms with Gasteiger partial charge < -0.3 is 15.0 Å². The summed E-state index contributed by atoms with van der Waals surface area (Å²) in [4.78, 5) is 15.0. The molecule has 0 atom stereocenters. The van der Waals surface area contributed by atoms with Crippen LogP contribution in [0.2, 0.25) is 0 Å². The summed E-state index contributed by atoms with van der Waals surface area (Å²) >= 11 is 0. The highest BCUT2D eigenvalue weighted by atomic mass is 16.5. The lowest BCUT2D eigenvalue weighted by Crippen LogP contribution is -2.21. The molecule has 0 bridgehead atoms. The van der Waals surface area contributed by atoms with Crippen molar-refractivity contribution >= 4 is 17.3 Å². The monoisotopic (exact) mass is 364 g/mol. The average Bonchev–Trinajstić information content (AvgIpc) is 3.42. The fourth-order valence-corrected chi connectivity index (χ4v) is 3.22. The number of methoxy groups -OCH3 is 1. The van der Waals surface area contributed by atoms with Gasteiger partial charge in [-0.05, 0) is 65.7 Å². The molecule has 27 heavy (non-hydrogen) atoms. The minimum Gasteiger partial charge on any atom is -0.497 e. The first-order valence-corrected chi connectivity index (χ1v) is 8.82. The topological polar surface area (TPSA) is 85.2 Å². The van der Waals surface area contributed by atoms with Crippen molar-refractivity contribution in [2.75, 3.05) is 30.4 Å². The molecule has 0 aliphatic carbocycles. The third-order valence-electron chi connectivity index (χ3n) is 4.64. The number of hydrogen-bond acceptors (Lipinski definition) is 6. The standard InChI is InChI=1S/C19H20N6O2/c1-27-16-7-4-14(5-8-16)19(26)21-17-12-15(25-13-20-22-23-25)6-9-18(17)24-10-2-3-11-24/h4-9,12-13H,2-3,10-11H2,1H3,(H,21,26). The molecule has 1 aliphatic heterocycles. The van der Waals surface area contributed by atoms with Crippen molar-refractivity contribution in [3.05, 3.63) is 54.4 Å². The average molecular weight is 364 g/mol. The van der Waals surface area contributed by atoms with Crippen LogP contribution < -0.4 is 15.0 Å². The Morgan fingerprint density at radius 1 is 1.11 bits per heavy atom. The third-order valence-corrected chi connectivity index (χ3v) is 4.64. The summed E-state index contributed by atoms with van der Waals surface area (Å²) in [5.41, 5.74) is 3.10. The summed E-state index contributed by atoms with van der Waals surface area (Å²) < 4.78 is 6.72. The van der Waals surface area contributed by atoms with Crippen LogP contribution in [0.15, 0.2) is 48.8 Å². The summed E-state index contributed by atoms with van der Waals surface area (Å²) in [5.74, 6) is 0.539. The first-order valence-electron chi connectivity index (χ1n) is 8.82. The SMILES string of the molecule is COc1ccc(C(=O)Nc2cc(-n3cnnn3)ccc2N2CCCC2)cc1. The summed E-state index contributed by atoms with van der Waals surface area (Å²) in [6, 6.07) is 12.9. The number of aromatic nitrogens is 4. The molecule has 1 amide bonds. The molecule has 4 rings (SSSR count). The van der Waals surface area contributed by atoms with E-state index in [1.807, 2.05) is 18.2 Å². The molecule has 3 aromatic rings. The zero-order valence-electron chi connectivity index (χ0n) is 15.0. The maximum Gasteiger partial charge on any atom is 0.255 e. The molecule has 138 valence electrons. The third kappa shape index (κ3) is 3.59. The Morgan fingerprint density at radius 2 is 1.89 bits per heavy atom. The van der Waals surface area contributed by atoms with Gasteiger partial charge in [0, 0.05) is 18.7 Å². The Balaban J connectivity index is 1.65. The van der Waals surface area contributed by atoms with E-state index in [9.17, 15) is 4.79 Å². The van der Waals surface area contributed by atoms with Gasteiger partial charge in [-0.1, -0.05) is 0 Å². The zero-order valence-corrected chi connectivity index (χ0v) is 15.0. The van der Waals surface area contributed by atoms with E-state index in [0.29, 0.717) is 11.3 Å². The number of anilines is 2. The van der Waals surface area contributed by atoms with E-state index in [2.05, 4.69) is 25.7 Å². The van der Waals surface area contributed by atoms with Crippen LogP contribution in [0.1, 0.15) is 23.2 Å². The smallest absolute Gasteiger partial charge is 0.255 e. The molecule has 8 heteroatoms. The predicted molar refractivity (Wildman–Crippen MR) is 102 cm³/mol. The van der Waals surface area contributed by atoms with Gasteiger partial charge >= 0.3 is 0 Å². The Labute approximate surface area is 156 Å². The summed E-state index contributed by atoms with van der Waals surface area (Å²) in [6.45, 7) is 1.96. The largest absolute Gasteiger partial charge is 0.497 e.